The fraction of sp³-hybridized carbons (Fsp3) is 0.167. The van der Waals surface area contributed by atoms with Gasteiger partial charge in [-0.1, -0.05) is 13.0 Å². The summed E-state index contributed by atoms with van der Waals surface area (Å²) in [5, 5.41) is 9.66. The molecule has 0 aliphatic carbocycles. The number of nitriles is 1. The fourth-order valence-electron chi connectivity index (χ4n) is 1.31. The molecule has 2 aromatic rings. The van der Waals surface area contributed by atoms with Gasteiger partial charge >= 0.3 is 0 Å². The van der Waals surface area contributed by atoms with Crippen LogP contribution in [0.4, 0.5) is 0 Å². The Balaban J connectivity index is 2.45. The Morgan fingerprint density at radius 1 is 1.35 bits per heavy atom. The van der Waals surface area contributed by atoms with Crippen molar-refractivity contribution in [1.82, 2.24) is 15.0 Å². The van der Waals surface area contributed by atoms with Crippen LogP contribution in [0, 0.1) is 11.3 Å². The van der Waals surface area contributed by atoms with Crippen molar-refractivity contribution in [3.8, 4) is 17.6 Å². The van der Waals surface area contributed by atoms with Crippen molar-refractivity contribution in [1.29, 1.82) is 5.26 Å². The Kier molecular flexibility index (Phi) is 3.68. The van der Waals surface area contributed by atoms with Crippen LogP contribution in [0.2, 0.25) is 0 Å². The molecule has 0 atom stereocenters. The molecule has 0 aliphatic rings. The number of rotatable bonds is 3. The van der Waals surface area contributed by atoms with E-state index in [0.29, 0.717) is 16.4 Å². The molecule has 0 aliphatic heterocycles. The second-order valence-electron chi connectivity index (χ2n) is 3.17. The van der Waals surface area contributed by atoms with Gasteiger partial charge < -0.3 is 0 Å². The van der Waals surface area contributed by atoms with Gasteiger partial charge in [0.25, 0.3) is 0 Å². The molecule has 0 radical (unpaired) electrons. The van der Waals surface area contributed by atoms with E-state index in [9.17, 15) is 0 Å². The molecule has 0 saturated heterocycles. The van der Waals surface area contributed by atoms with Gasteiger partial charge in [0.1, 0.15) is 22.4 Å². The summed E-state index contributed by atoms with van der Waals surface area (Å²) < 4.78 is 0. The van der Waals surface area contributed by atoms with Crippen LogP contribution < -0.4 is 0 Å². The Morgan fingerprint density at radius 3 is 2.88 bits per heavy atom. The van der Waals surface area contributed by atoms with Crippen molar-refractivity contribution < 1.29 is 0 Å². The molecule has 0 fully saturated rings. The SMILES string of the molecule is CCSc1nc(-c2ccccn2)ncc1C#N. The molecule has 2 rings (SSSR count). The van der Waals surface area contributed by atoms with Crippen LogP contribution in [0.1, 0.15) is 12.5 Å². The molecule has 0 N–H and O–H groups in total. The number of hydrogen-bond donors (Lipinski definition) is 0. The van der Waals surface area contributed by atoms with E-state index in [0.717, 1.165) is 11.4 Å². The summed E-state index contributed by atoms with van der Waals surface area (Å²) in [6.07, 6.45) is 3.25. The van der Waals surface area contributed by atoms with Crippen LogP contribution in [0.3, 0.4) is 0 Å². The monoisotopic (exact) mass is 242 g/mol. The number of nitrogens with zero attached hydrogens (tertiary/aromatic N) is 4. The lowest BCUT2D eigenvalue weighted by atomic mass is 10.3. The molecule has 0 aromatic carbocycles. The lowest BCUT2D eigenvalue weighted by Crippen LogP contribution is -1.96. The molecule has 0 amide bonds. The average Bonchev–Trinajstić information content (AvgIpc) is 2.40. The standard InChI is InChI=1S/C12H10N4S/c1-2-17-12-9(7-13)8-15-11(16-12)10-5-3-4-6-14-10/h3-6,8H,2H2,1H3. The topological polar surface area (TPSA) is 62.5 Å². The molecular weight excluding hydrogens is 232 g/mol. The van der Waals surface area contributed by atoms with Crippen LogP contribution in [0.25, 0.3) is 11.5 Å². The van der Waals surface area contributed by atoms with Crippen molar-refractivity contribution in [3.05, 3.63) is 36.2 Å². The van der Waals surface area contributed by atoms with Gasteiger partial charge in [-0.15, -0.1) is 11.8 Å². The summed E-state index contributed by atoms with van der Waals surface area (Å²) in [5.74, 6) is 1.42. The van der Waals surface area contributed by atoms with E-state index >= 15 is 0 Å². The average molecular weight is 242 g/mol. The maximum Gasteiger partial charge on any atom is 0.179 e. The highest BCUT2D eigenvalue weighted by atomic mass is 32.2. The van der Waals surface area contributed by atoms with Gasteiger partial charge in [0.05, 0.1) is 0 Å². The maximum absolute atomic E-state index is 8.95. The largest absolute Gasteiger partial charge is 0.253 e. The van der Waals surface area contributed by atoms with Crippen molar-refractivity contribution in [2.75, 3.05) is 5.75 Å². The van der Waals surface area contributed by atoms with Gasteiger partial charge in [0, 0.05) is 12.4 Å². The van der Waals surface area contributed by atoms with E-state index in [2.05, 4.69) is 21.0 Å². The normalized spacial score (nSPS) is 9.88. The number of hydrogen-bond acceptors (Lipinski definition) is 5. The molecule has 84 valence electrons. The molecule has 2 aromatic heterocycles. The summed E-state index contributed by atoms with van der Waals surface area (Å²) in [4.78, 5) is 12.7. The highest BCUT2D eigenvalue weighted by molar-refractivity contribution is 7.99. The first kappa shape index (κ1) is 11.6. The highest BCUT2D eigenvalue weighted by Crippen LogP contribution is 2.21. The van der Waals surface area contributed by atoms with Gasteiger partial charge in [-0.25, -0.2) is 9.97 Å². The zero-order valence-electron chi connectivity index (χ0n) is 9.29. The highest BCUT2D eigenvalue weighted by Gasteiger charge is 2.08. The third kappa shape index (κ3) is 2.60. The molecular formula is C12H10N4S. The second-order valence-corrected chi connectivity index (χ2v) is 4.42. The van der Waals surface area contributed by atoms with Crippen molar-refractivity contribution >= 4 is 11.8 Å². The van der Waals surface area contributed by atoms with Gasteiger partial charge in [0.15, 0.2) is 5.82 Å². The predicted octanol–water partition coefficient (Wildman–Crippen LogP) is 2.52. The molecule has 0 unspecified atom stereocenters. The van der Waals surface area contributed by atoms with E-state index in [1.165, 1.54) is 11.8 Å². The first-order chi connectivity index (χ1) is 8.35. The Morgan fingerprint density at radius 2 is 2.24 bits per heavy atom. The first-order valence-electron chi connectivity index (χ1n) is 5.16. The Labute approximate surface area is 104 Å². The van der Waals surface area contributed by atoms with E-state index in [1.807, 2.05) is 25.1 Å². The maximum atomic E-state index is 8.95. The molecule has 2 heterocycles. The predicted molar refractivity (Wildman–Crippen MR) is 66.4 cm³/mol. The molecule has 17 heavy (non-hydrogen) atoms. The van der Waals surface area contributed by atoms with Crippen molar-refractivity contribution in [3.63, 3.8) is 0 Å². The molecule has 0 saturated carbocycles. The summed E-state index contributed by atoms with van der Waals surface area (Å²) in [6, 6.07) is 7.67. The quantitative estimate of drug-likeness (QED) is 0.611. The van der Waals surface area contributed by atoms with Gasteiger partial charge in [-0.05, 0) is 17.9 Å². The number of aromatic nitrogens is 3. The van der Waals surface area contributed by atoms with E-state index in [4.69, 9.17) is 5.26 Å². The molecule has 5 heteroatoms. The van der Waals surface area contributed by atoms with Crippen LogP contribution in [0.5, 0.6) is 0 Å². The zero-order chi connectivity index (χ0) is 12.1. The third-order valence-corrected chi connectivity index (χ3v) is 2.92. The van der Waals surface area contributed by atoms with E-state index < -0.39 is 0 Å². The van der Waals surface area contributed by atoms with Crippen molar-refractivity contribution in [2.45, 2.75) is 11.9 Å². The Hall–Kier alpha value is -1.93. The van der Waals surface area contributed by atoms with E-state index in [-0.39, 0.29) is 0 Å². The zero-order valence-corrected chi connectivity index (χ0v) is 10.1. The molecule has 0 bridgehead atoms. The van der Waals surface area contributed by atoms with E-state index in [1.54, 1.807) is 12.4 Å². The van der Waals surface area contributed by atoms with Crippen LogP contribution >= 0.6 is 11.8 Å². The Bertz CT molecular complexity index is 548. The lowest BCUT2D eigenvalue weighted by Gasteiger charge is -2.03. The van der Waals surface area contributed by atoms with Crippen molar-refractivity contribution in [2.24, 2.45) is 0 Å². The fourth-order valence-corrected chi connectivity index (χ4v) is 1.99. The molecule has 0 spiro atoms. The number of thioether (sulfide) groups is 1. The van der Waals surface area contributed by atoms with Crippen LogP contribution in [-0.4, -0.2) is 20.7 Å². The first-order valence-corrected chi connectivity index (χ1v) is 6.15. The van der Waals surface area contributed by atoms with Crippen LogP contribution in [-0.2, 0) is 0 Å². The lowest BCUT2D eigenvalue weighted by molar-refractivity contribution is 1.03. The number of pyridine rings is 1. The van der Waals surface area contributed by atoms with Gasteiger partial charge in [-0.2, -0.15) is 5.26 Å². The second kappa shape index (κ2) is 5.41. The summed E-state index contributed by atoms with van der Waals surface area (Å²) in [6.45, 7) is 2.02. The minimum absolute atomic E-state index is 0.511. The summed E-state index contributed by atoms with van der Waals surface area (Å²) >= 11 is 1.53. The molecule has 4 nitrogen and oxygen atoms in total. The minimum atomic E-state index is 0.511. The summed E-state index contributed by atoms with van der Waals surface area (Å²) in [5.41, 5.74) is 1.23. The van der Waals surface area contributed by atoms with Crippen LogP contribution in [0.15, 0.2) is 35.6 Å². The summed E-state index contributed by atoms with van der Waals surface area (Å²) in [7, 11) is 0. The van der Waals surface area contributed by atoms with Gasteiger partial charge in [-0.3, -0.25) is 4.98 Å². The minimum Gasteiger partial charge on any atom is -0.253 e. The smallest absolute Gasteiger partial charge is 0.179 e. The third-order valence-electron chi connectivity index (χ3n) is 2.05. The van der Waals surface area contributed by atoms with Gasteiger partial charge in [0.2, 0.25) is 0 Å².